The molecule has 1 aromatic heterocycles. The molecular formula is C16H18N2O3S. The molecule has 0 aliphatic carbocycles. The number of rotatable bonds is 5. The number of carbonyl (C=O) groups excluding carboxylic acids is 2. The molecule has 0 unspecified atom stereocenters. The largest absolute Gasteiger partial charge is 0.468 e. The van der Waals surface area contributed by atoms with Gasteiger partial charge in [-0.05, 0) is 31.0 Å². The molecule has 2 rings (SSSR count). The SMILES string of the molecule is COC(=O)CNC(=O)CSc1cc(C)c2cccc(C)c2n1. The van der Waals surface area contributed by atoms with Gasteiger partial charge in [0.15, 0.2) is 0 Å². The van der Waals surface area contributed by atoms with Gasteiger partial charge in [0.2, 0.25) is 5.91 Å². The summed E-state index contributed by atoms with van der Waals surface area (Å²) in [6, 6.07) is 8.05. The van der Waals surface area contributed by atoms with Crippen LogP contribution in [0, 0.1) is 13.8 Å². The molecule has 0 aliphatic heterocycles. The van der Waals surface area contributed by atoms with E-state index in [1.54, 1.807) is 0 Å². The molecule has 6 heteroatoms. The maximum absolute atomic E-state index is 11.7. The molecule has 0 bridgehead atoms. The highest BCUT2D eigenvalue weighted by Gasteiger charge is 2.09. The summed E-state index contributed by atoms with van der Waals surface area (Å²) >= 11 is 1.35. The Labute approximate surface area is 133 Å². The number of amides is 1. The zero-order valence-electron chi connectivity index (χ0n) is 12.8. The lowest BCUT2D eigenvalue weighted by Crippen LogP contribution is -2.31. The molecule has 2 aromatic rings. The molecule has 0 saturated carbocycles. The third-order valence-electron chi connectivity index (χ3n) is 3.23. The van der Waals surface area contributed by atoms with E-state index in [2.05, 4.69) is 15.0 Å². The number of methoxy groups -OCH3 is 1. The fourth-order valence-electron chi connectivity index (χ4n) is 2.04. The van der Waals surface area contributed by atoms with Crippen molar-refractivity contribution in [3.8, 4) is 0 Å². The molecule has 5 nitrogen and oxygen atoms in total. The first kappa shape index (κ1) is 16.3. The van der Waals surface area contributed by atoms with Gasteiger partial charge in [-0.3, -0.25) is 9.59 Å². The minimum atomic E-state index is -0.464. The fraction of sp³-hybridized carbons (Fsp3) is 0.312. The van der Waals surface area contributed by atoms with E-state index in [4.69, 9.17) is 0 Å². The molecule has 1 heterocycles. The van der Waals surface area contributed by atoms with Crippen LogP contribution in [0.5, 0.6) is 0 Å². The van der Waals surface area contributed by atoms with Crippen LogP contribution in [-0.4, -0.2) is 36.3 Å². The smallest absolute Gasteiger partial charge is 0.325 e. The van der Waals surface area contributed by atoms with Crippen molar-refractivity contribution in [3.63, 3.8) is 0 Å². The van der Waals surface area contributed by atoms with Crippen molar-refractivity contribution in [3.05, 3.63) is 35.4 Å². The van der Waals surface area contributed by atoms with E-state index < -0.39 is 5.97 Å². The van der Waals surface area contributed by atoms with Crippen LogP contribution in [0.3, 0.4) is 0 Å². The highest BCUT2D eigenvalue weighted by Crippen LogP contribution is 2.25. The Balaban J connectivity index is 2.04. The number of fused-ring (bicyclic) bond motifs is 1. The number of nitrogens with one attached hydrogen (secondary N) is 1. The number of esters is 1. The molecular weight excluding hydrogens is 300 g/mol. The van der Waals surface area contributed by atoms with Gasteiger partial charge >= 0.3 is 5.97 Å². The molecule has 1 N–H and O–H groups in total. The lowest BCUT2D eigenvalue weighted by molar-refractivity contribution is -0.140. The van der Waals surface area contributed by atoms with Gasteiger partial charge in [0.25, 0.3) is 0 Å². The predicted molar refractivity (Wildman–Crippen MR) is 87.0 cm³/mol. The van der Waals surface area contributed by atoms with E-state index in [1.165, 1.54) is 18.9 Å². The molecule has 1 amide bonds. The van der Waals surface area contributed by atoms with Gasteiger partial charge in [0.05, 0.1) is 23.4 Å². The molecule has 0 atom stereocenters. The maximum atomic E-state index is 11.7. The van der Waals surface area contributed by atoms with Crippen LogP contribution in [0.1, 0.15) is 11.1 Å². The van der Waals surface area contributed by atoms with Crippen LogP contribution in [0.2, 0.25) is 0 Å². The number of thioether (sulfide) groups is 1. The van der Waals surface area contributed by atoms with Crippen LogP contribution < -0.4 is 5.32 Å². The van der Waals surface area contributed by atoms with Crippen molar-refractivity contribution >= 4 is 34.5 Å². The summed E-state index contributed by atoms with van der Waals surface area (Å²) < 4.78 is 4.47. The Morgan fingerprint density at radius 1 is 1.27 bits per heavy atom. The number of benzene rings is 1. The van der Waals surface area contributed by atoms with Crippen molar-refractivity contribution < 1.29 is 14.3 Å². The van der Waals surface area contributed by atoms with Crippen LogP contribution in [0.25, 0.3) is 10.9 Å². The van der Waals surface area contributed by atoms with E-state index in [0.29, 0.717) is 0 Å². The van der Waals surface area contributed by atoms with Gasteiger partial charge < -0.3 is 10.1 Å². The van der Waals surface area contributed by atoms with Crippen LogP contribution in [0.15, 0.2) is 29.3 Å². The number of hydrogen-bond acceptors (Lipinski definition) is 5. The summed E-state index contributed by atoms with van der Waals surface area (Å²) in [6.07, 6.45) is 0. The van der Waals surface area contributed by atoms with Crippen molar-refractivity contribution in [1.29, 1.82) is 0 Å². The second-order valence-corrected chi connectivity index (χ2v) is 5.89. The fourth-order valence-corrected chi connectivity index (χ4v) is 2.84. The van der Waals surface area contributed by atoms with E-state index in [-0.39, 0.29) is 18.2 Å². The van der Waals surface area contributed by atoms with Gasteiger partial charge in [-0.25, -0.2) is 4.98 Å². The topological polar surface area (TPSA) is 68.3 Å². The lowest BCUT2D eigenvalue weighted by Gasteiger charge is -2.08. The Morgan fingerprint density at radius 2 is 2.05 bits per heavy atom. The molecule has 0 saturated heterocycles. The summed E-state index contributed by atoms with van der Waals surface area (Å²) in [7, 11) is 1.29. The first-order valence-electron chi connectivity index (χ1n) is 6.84. The summed E-state index contributed by atoms with van der Waals surface area (Å²) in [5.74, 6) is -0.478. The summed E-state index contributed by atoms with van der Waals surface area (Å²) in [5.41, 5.74) is 3.20. The van der Waals surface area contributed by atoms with Gasteiger partial charge in [0, 0.05) is 5.39 Å². The number of aromatic nitrogens is 1. The zero-order valence-corrected chi connectivity index (χ0v) is 13.6. The Bertz CT molecular complexity index is 716. The first-order valence-corrected chi connectivity index (χ1v) is 7.83. The number of carbonyl (C=O) groups is 2. The van der Waals surface area contributed by atoms with E-state index in [9.17, 15) is 9.59 Å². The quantitative estimate of drug-likeness (QED) is 0.676. The minimum absolute atomic E-state index is 0.112. The summed E-state index contributed by atoms with van der Waals surface area (Å²) in [4.78, 5) is 27.3. The monoisotopic (exact) mass is 318 g/mol. The van der Waals surface area contributed by atoms with E-state index >= 15 is 0 Å². The molecule has 0 spiro atoms. The van der Waals surface area contributed by atoms with Crippen LogP contribution in [0.4, 0.5) is 0 Å². The van der Waals surface area contributed by atoms with Gasteiger partial charge in [0.1, 0.15) is 6.54 Å². The van der Waals surface area contributed by atoms with Crippen molar-refractivity contribution in [2.24, 2.45) is 0 Å². The highest BCUT2D eigenvalue weighted by molar-refractivity contribution is 7.99. The molecule has 0 aliphatic rings. The predicted octanol–water partition coefficient (Wildman–Crippen LogP) is 2.23. The second-order valence-electron chi connectivity index (χ2n) is 4.89. The highest BCUT2D eigenvalue weighted by atomic mass is 32.2. The third-order valence-corrected chi connectivity index (χ3v) is 4.14. The minimum Gasteiger partial charge on any atom is -0.468 e. The number of para-hydroxylation sites is 1. The average Bonchev–Trinajstić information content (AvgIpc) is 2.51. The van der Waals surface area contributed by atoms with Crippen molar-refractivity contribution in [2.75, 3.05) is 19.4 Å². The standard InChI is InChI=1S/C16H18N2O3S/c1-10-5-4-6-12-11(2)7-14(18-16(10)12)22-9-13(19)17-8-15(20)21-3/h4-7H,8-9H2,1-3H3,(H,17,19). The molecule has 1 aromatic carbocycles. The Kier molecular flexibility index (Phi) is 5.38. The van der Waals surface area contributed by atoms with E-state index in [1.807, 2.05) is 38.1 Å². The Morgan fingerprint density at radius 3 is 2.77 bits per heavy atom. The third kappa shape index (κ3) is 3.98. The summed E-state index contributed by atoms with van der Waals surface area (Å²) in [6.45, 7) is 3.94. The molecule has 22 heavy (non-hydrogen) atoms. The molecule has 0 fully saturated rings. The molecule has 116 valence electrons. The first-order chi connectivity index (χ1) is 10.5. The molecule has 0 radical (unpaired) electrons. The van der Waals surface area contributed by atoms with Crippen LogP contribution in [-0.2, 0) is 14.3 Å². The number of ether oxygens (including phenoxy) is 1. The number of hydrogen-bond donors (Lipinski definition) is 1. The number of pyridine rings is 1. The zero-order chi connectivity index (χ0) is 16.1. The number of nitrogens with zero attached hydrogens (tertiary/aromatic N) is 1. The lowest BCUT2D eigenvalue weighted by atomic mass is 10.1. The van der Waals surface area contributed by atoms with E-state index in [0.717, 1.165) is 27.1 Å². The van der Waals surface area contributed by atoms with Crippen molar-refractivity contribution in [2.45, 2.75) is 18.9 Å². The van der Waals surface area contributed by atoms with Gasteiger partial charge in [-0.1, -0.05) is 30.0 Å². The second kappa shape index (κ2) is 7.26. The number of aryl methyl sites for hydroxylation is 2. The van der Waals surface area contributed by atoms with Gasteiger partial charge in [-0.15, -0.1) is 0 Å². The normalized spacial score (nSPS) is 10.5. The van der Waals surface area contributed by atoms with Crippen molar-refractivity contribution in [1.82, 2.24) is 10.3 Å². The average molecular weight is 318 g/mol. The summed E-state index contributed by atoms with van der Waals surface area (Å²) in [5, 5.41) is 4.43. The Hall–Kier alpha value is -2.08. The van der Waals surface area contributed by atoms with Crippen LogP contribution >= 0.6 is 11.8 Å². The van der Waals surface area contributed by atoms with Gasteiger partial charge in [-0.2, -0.15) is 0 Å². The maximum Gasteiger partial charge on any atom is 0.325 e.